The maximum atomic E-state index is 13.5. The molecule has 1 saturated carbocycles. The number of hydrogen-bond donors (Lipinski definition) is 0. The molecule has 8 nitrogen and oxygen atoms in total. The van der Waals surface area contributed by atoms with Crippen molar-refractivity contribution in [1.29, 1.82) is 0 Å². The van der Waals surface area contributed by atoms with Gasteiger partial charge in [-0.05, 0) is 37.1 Å². The number of para-hydroxylation sites is 1. The van der Waals surface area contributed by atoms with E-state index >= 15 is 0 Å². The van der Waals surface area contributed by atoms with Crippen molar-refractivity contribution < 1.29 is 18.0 Å². The predicted molar refractivity (Wildman–Crippen MR) is 124 cm³/mol. The van der Waals surface area contributed by atoms with Gasteiger partial charge in [0.15, 0.2) is 0 Å². The fraction of sp³-hybridized carbons (Fsp3) is 0.360. The Labute approximate surface area is 200 Å². The van der Waals surface area contributed by atoms with E-state index in [2.05, 4.69) is 20.1 Å². The lowest BCUT2D eigenvalue weighted by atomic mass is 9.86. The van der Waals surface area contributed by atoms with Crippen LogP contribution in [0.2, 0.25) is 0 Å². The molecular weight excluding hydrogens is 454 g/mol. The Morgan fingerprint density at radius 3 is 2.63 bits per heavy atom. The molecule has 35 heavy (non-hydrogen) atoms. The molecule has 4 aromatic rings. The average Bonchev–Trinajstić information content (AvgIpc) is 3.45. The number of carbonyl (C=O) groups is 1. The van der Waals surface area contributed by atoms with Gasteiger partial charge in [0.2, 0.25) is 11.8 Å². The zero-order valence-corrected chi connectivity index (χ0v) is 18.9. The Bertz CT molecular complexity index is 1340. The summed E-state index contributed by atoms with van der Waals surface area (Å²) in [6.45, 7) is 1.95. The maximum Gasteiger partial charge on any atom is 0.314 e. The maximum absolute atomic E-state index is 13.5. The van der Waals surface area contributed by atoms with Gasteiger partial charge >= 0.3 is 6.43 Å². The number of likely N-dealkylation sites (tertiary alicyclic amines) is 1. The molecular formula is C25H24F2N6O2. The minimum absolute atomic E-state index is 0.00874. The molecule has 0 spiro atoms. The van der Waals surface area contributed by atoms with Crippen molar-refractivity contribution in [3.8, 4) is 11.5 Å². The van der Waals surface area contributed by atoms with Crippen LogP contribution in [0.3, 0.4) is 0 Å². The van der Waals surface area contributed by atoms with E-state index in [9.17, 15) is 13.6 Å². The molecule has 2 aliphatic rings. The number of amides is 1. The van der Waals surface area contributed by atoms with Crippen molar-refractivity contribution in [2.75, 3.05) is 18.0 Å². The molecule has 180 valence electrons. The van der Waals surface area contributed by atoms with Crippen LogP contribution in [0.4, 0.5) is 14.5 Å². The van der Waals surface area contributed by atoms with E-state index in [4.69, 9.17) is 4.42 Å². The molecule has 0 N–H and O–H groups in total. The standard InChI is InChI=1S/C25H24F2N6O2/c26-22(27)24-30-29-23(35-24)16-9-10-31-14-18(28-21(31)11-16)15-33(20-5-2-1-3-6-20)25(34)17-12-32(13-17)19-7-4-8-19/h1-3,5-6,9-11,14,17,19,22H,4,7-8,12-13,15H2. The van der Waals surface area contributed by atoms with Gasteiger partial charge in [-0.1, -0.05) is 24.6 Å². The van der Waals surface area contributed by atoms with E-state index in [0.717, 1.165) is 18.8 Å². The summed E-state index contributed by atoms with van der Waals surface area (Å²) in [6, 6.07) is 13.7. The molecule has 1 saturated heterocycles. The number of rotatable bonds is 7. The smallest absolute Gasteiger partial charge is 0.314 e. The third kappa shape index (κ3) is 4.18. The lowest BCUT2D eigenvalue weighted by molar-refractivity contribution is -0.129. The Balaban J connectivity index is 1.23. The van der Waals surface area contributed by atoms with Crippen LogP contribution in [0.15, 0.2) is 59.3 Å². The highest BCUT2D eigenvalue weighted by atomic mass is 19.3. The SMILES string of the molecule is O=C(C1CN(C2CCC2)C1)N(Cc1cn2ccc(-c3nnc(C(F)F)o3)cc2n1)c1ccccc1. The van der Waals surface area contributed by atoms with Gasteiger partial charge < -0.3 is 13.7 Å². The van der Waals surface area contributed by atoms with Crippen LogP contribution < -0.4 is 4.90 Å². The number of imidazole rings is 1. The second-order valence-corrected chi connectivity index (χ2v) is 9.15. The number of hydrogen-bond acceptors (Lipinski definition) is 6. The van der Waals surface area contributed by atoms with Crippen molar-refractivity contribution in [3.05, 3.63) is 66.4 Å². The first-order chi connectivity index (χ1) is 17.0. The number of benzene rings is 1. The zero-order chi connectivity index (χ0) is 23.9. The minimum atomic E-state index is -2.82. The number of aromatic nitrogens is 4. The number of fused-ring (bicyclic) bond motifs is 1. The number of carbonyl (C=O) groups excluding carboxylic acids is 1. The predicted octanol–water partition coefficient (Wildman–Crippen LogP) is 4.34. The molecule has 1 aliphatic heterocycles. The number of pyridine rings is 1. The van der Waals surface area contributed by atoms with Crippen molar-refractivity contribution in [1.82, 2.24) is 24.5 Å². The van der Waals surface area contributed by atoms with Crippen LogP contribution in [0.1, 0.15) is 37.3 Å². The Hall–Kier alpha value is -3.66. The highest BCUT2D eigenvalue weighted by molar-refractivity contribution is 5.95. The summed E-state index contributed by atoms with van der Waals surface area (Å²) >= 11 is 0. The van der Waals surface area contributed by atoms with Crippen molar-refractivity contribution in [2.24, 2.45) is 5.92 Å². The van der Waals surface area contributed by atoms with Gasteiger partial charge in [-0.25, -0.2) is 4.98 Å². The van der Waals surface area contributed by atoms with Crippen molar-refractivity contribution in [2.45, 2.75) is 38.3 Å². The van der Waals surface area contributed by atoms with Gasteiger partial charge in [-0.15, -0.1) is 10.2 Å². The summed E-state index contributed by atoms with van der Waals surface area (Å²) < 4.78 is 32.5. The third-order valence-corrected chi connectivity index (χ3v) is 6.89. The first-order valence-electron chi connectivity index (χ1n) is 11.7. The molecule has 3 aromatic heterocycles. The molecule has 6 rings (SSSR count). The van der Waals surface area contributed by atoms with Crippen LogP contribution in [-0.4, -0.2) is 49.5 Å². The Morgan fingerprint density at radius 2 is 1.94 bits per heavy atom. The fourth-order valence-corrected chi connectivity index (χ4v) is 4.69. The topological polar surface area (TPSA) is 79.8 Å². The van der Waals surface area contributed by atoms with Gasteiger partial charge in [0.05, 0.1) is 18.2 Å². The zero-order valence-electron chi connectivity index (χ0n) is 18.9. The molecule has 0 radical (unpaired) electrons. The van der Waals surface area contributed by atoms with E-state index in [-0.39, 0.29) is 17.7 Å². The summed E-state index contributed by atoms with van der Waals surface area (Å²) in [5.74, 6) is -0.613. The Morgan fingerprint density at radius 1 is 1.14 bits per heavy atom. The Kier molecular flexibility index (Phi) is 5.52. The van der Waals surface area contributed by atoms with Gasteiger partial charge in [0.25, 0.3) is 5.89 Å². The molecule has 2 fully saturated rings. The van der Waals surface area contributed by atoms with Gasteiger partial charge in [-0.2, -0.15) is 8.78 Å². The van der Waals surface area contributed by atoms with E-state index in [1.165, 1.54) is 19.3 Å². The second kappa shape index (κ2) is 8.84. The van der Waals surface area contributed by atoms with E-state index in [1.54, 1.807) is 23.2 Å². The van der Waals surface area contributed by atoms with Gasteiger partial charge in [0, 0.05) is 42.8 Å². The summed E-state index contributed by atoms with van der Waals surface area (Å²) in [6.07, 6.45) is 4.55. The van der Waals surface area contributed by atoms with Gasteiger partial charge in [0.1, 0.15) is 5.65 Å². The summed E-state index contributed by atoms with van der Waals surface area (Å²) in [5.41, 5.74) is 2.64. The third-order valence-electron chi connectivity index (χ3n) is 6.89. The molecule has 0 unspecified atom stereocenters. The normalized spacial score (nSPS) is 17.0. The lowest BCUT2D eigenvalue weighted by Crippen LogP contribution is -2.59. The van der Waals surface area contributed by atoms with Crippen molar-refractivity contribution in [3.63, 3.8) is 0 Å². The quantitative estimate of drug-likeness (QED) is 0.393. The second-order valence-electron chi connectivity index (χ2n) is 9.15. The van der Waals surface area contributed by atoms with E-state index in [0.29, 0.717) is 29.5 Å². The fourth-order valence-electron chi connectivity index (χ4n) is 4.69. The number of anilines is 1. The molecule has 1 aliphatic carbocycles. The largest absolute Gasteiger partial charge is 0.415 e. The molecule has 10 heteroatoms. The average molecular weight is 479 g/mol. The van der Waals surface area contributed by atoms with E-state index < -0.39 is 12.3 Å². The van der Waals surface area contributed by atoms with Gasteiger partial charge in [-0.3, -0.25) is 9.69 Å². The number of alkyl halides is 2. The van der Waals surface area contributed by atoms with Crippen LogP contribution in [-0.2, 0) is 11.3 Å². The van der Waals surface area contributed by atoms with Crippen LogP contribution in [0.25, 0.3) is 17.1 Å². The van der Waals surface area contributed by atoms with Crippen LogP contribution in [0.5, 0.6) is 0 Å². The monoisotopic (exact) mass is 478 g/mol. The summed E-state index contributed by atoms with van der Waals surface area (Å²) in [7, 11) is 0. The lowest BCUT2D eigenvalue weighted by Gasteiger charge is -2.48. The van der Waals surface area contributed by atoms with E-state index in [1.807, 2.05) is 40.9 Å². The molecule has 4 heterocycles. The first-order valence-corrected chi connectivity index (χ1v) is 11.7. The summed E-state index contributed by atoms with van der Waals surface area (Å²) in [4.78, 5) is 22.4. The van der Waals surface area contributed by atoms with Crippen molar-refractivity contribution >= 4 is 17.2 Å². The summed E-state index contributed by atoms with van der Waals surface area (Å²) in [5, 5.41) is 7.09. The van der Waals surface area contributed by atoms with Crippen LogP contribution in [0, 0.1) is 5.92 Å². The molecule has 1 amide bonds. The molecule has 1 aromatic carbocycles. The number of halogens is 2. The highest BCUT2D eigenvalue weighted by Crippen LogP contribution is 2.32. The highest BCUT2D eigenvalue weighted by Gasteiger charge is 2.40. The minimum Gasteiger partial charge on any atom is -0.415 e. The molecule has 0 atom stereocenters. The molecule has 0 bridgehead atoms. The number of nitrogens with zero attached hydrogens (tertiary/aromatic N) is 6. The first kappa shape index (κ1) is 21.8. The van der Waals surface area contributed by atoms with Crippen LogP contribution >= 0.6 is 0 Å².